The molecule has 11 heteroatoms. The molecule has 162 valence electrons. The summed E-state index contributed by atoms with van der Waals surface area (Å²) in [6, 6.07) is 0.146. The molecule has 1 aliphatic carbocycles. The molecular weight excluding hydrogens is 403 g/mol. The maximum absolute atomic E-state index is 13.0. The molecule has 4 rings (SSSR count). The smallest absolute Gasteiger partial charge is 0.417 e. The summed E-state index contributed by atoms with van der Waals surface area (Å²) in [7, 11) is 1.28. The van der Waals surface area contributed by atoms with Crippen LogP contribution in [0, 0.1) is 5.41 Å². The highest BCUT2D eigenvalue weighted by molar-refractivity contribution is 5.83. The first-order valence-corrected chi connectivity index (χ1v) is 9.71. The third-order valence-electron chi connectivity index (χ3n) is 5.83. The third-order valence-corrected chi connectivity index (χ3v) is 5.83. The van der Waals surface area contributed by atoms with Gasteiger partial charge in [-0.2, -0.15) is 13.2 Å². The van der Waals surface area contributed by atoms with Crippen molar-refractivity contribution in [1.82, 2.24) is 20.1 Å². The number of carbonyl (C=O) groups is 1. The molecule has 1 N–H and O–H groups in total. The number of piperidine rings is 1. The number of anilines is 1. The number of nitrogens with one attached hydrogen (secondary N) is 1. The second kappa shape index (κ2) is 7.44. The lowest BCUT2D eigenvalue weighted by molar-refractivity contribution is -0.138. The number of carbonyl (C=O) groups excluding carboxylic acids is 1. The SMILES string of the molecule is COc1ncc(C(F)(F)F)cc1-c1nnc(N[C@@H](C)C(=O)N2CCC3(CC2)CC3)o1. The van der Waals surface area contributed by atoms with E-state index >= 15 is 0 Å². The minimum absolute atomic E-state index is 0.0685. The quantitative estimate of drug-likeness (QED) is 0.785. The van der Waals surface area contributed by atoms with Gasteiger partial charge in [-0.05, 0) is 44.1 Å². The second-order valence-corrected chi connectivity index (χ2v) is 7.88. The van der Waals surface area contributed by atoms with Gasteiger partial charge in [-0.1, -0.05) is 5.10 Å². The maximum Gasteiger partial charge on any atom is 0.417 e. The van der Waals surface area contributed by atoms with Gasteiger partial charge in [-0.25, -0.2) is 4.98 Å². The number of pyridine rings is 1. The van der Waals surface area contributed by atoms with E-state index in [0.717, 1.165) is 32.0 Å². The van der Waals surface area contributed by atoms with Crippen LogP contribution in [0.5, 0.6) is 5.88 Å². The molecule has 1 saturated heterocycles. The van der Waals surface area contributed by atoms with Crippen LogP contribution in [0.2, 0.25) is 0 Å². The monoisotopic (exact) mass is 425 g/mol. The van der Waals surface area contributed by atoms with Crippen molar-refractivity contribution < 1.29 is 27.1 Å². The van der Waals surface area contributed by atoms with Gasteiger partial charge in [0.05, 0.1) is 12.7 Å². The van der Waals surface area contributed by atoms with Crippen molar-refractivity contribution in [2.24, 2.45) is 5.41 Å². The van der Waals surface area contributed by atoms with E-state index in [1.54, 1.807) is 6.92 Å². The van der Waals surface area contributed by atoms with Crippen molar-refractivity contribution in [3.63, 3.8) is 0 Å². The Morgan fingerprint density at radius 3 is 2.57 bits per heavy atom. The lowest BCUT2D eigenvalue weighted by Crippen LogP contribution is -2.45. The summed E-state index contributed by atoms with van der Waals surface area (Å²) in [6.07, 6.45) is 0.645. The van der Waals surface area contributed by atoms with E-state index in [1.807, 2.05) is 4.90 Å². The molecule has 0 radical (unpaired) electrons. The molecule has 3 heterocycles. The fourth-order valence-electron chi connectivity index (χ4n) is 3.71. The Labute approximate surface area is 170 Å². The summed E-state index contributed by atoms with van der Waals surface area (Å²) in [5, 5.41) is 10.4. The van der Waals surface area contributed by atoms with Gasteiger partial charge in [0, 0.05) is 19.3 Å². The molecule has 2 aromatic heterocycles. The van der Waals surface area contributed by atoms with Gasteiger partial charge in [0.15, 0.2) is 0 Å². The van der Waals surface area contributed by atoms with Crippen molar-refractivity contribution in [3.8, 4) is 17.3 Å². The first-order valence-electron chi connectivity index (χ1n) is 9.71. The second-order valence-electron chi connectivity index (χ2n) is 7.88. The predicted molar refractivity (Wildman–Crippen MR) is 99.6 cm³/mol. The zero-order valence-corrected chi connectivity index (χ0v) is 16.6. The van der Waals surface area contributed by atoms with Crippen LogP contribution in [0.4, 0.5) is 19.2 Å². The molecule has 2 aromatic rings. The van der Waals surface area contributed by atoms with Crippen molar-refractivity contribution in [2.75, 3.05) is 25.5 Å². The summed E-state index contributed by atoms with van der Waals surface area (Å²) in [5.74, 6) is -0.352. The number of halogens is 3. The highest BCUT2D eigenvalue weighted by Gasteiger charge is 2.45. The number of hydrogen-bond donors (Lipinski definition) is 1. The predicted octanol–water partition coefficient (Wildman–Crippen LogP) is 3.36. The number of nitrogens with zero attached hydrogens (tertiary/aromatic N) is 4. The van der Waals surface area contributed by atoms with Gasteiger partial charge >= 0.3 is 12.2 Å². The Morgan fingerprint density at radius 1 is 1.27 bits per heavy atom. The number of hydrogen-bond acceptors (Lipinski definition) is 7. The lowest BCUT2D eigenvalue weighted by Gasteiger charge is -2.33. The number of amides is 1. The van der Waals surface area contributed by atoms with Gasteiger partial charge < -0.3 is 19.4 Å². The molecule has 1 amide bonds. The molecule has 2 fully saturated rings. The Kier molecular flexibility index (Phi) is 5.07. The molecule has 0 aromatic carbocycles. The average molecular weight is 425 g/mol. The number of likely N-dealkylation sites (tertiary alicyclic amines) is 1. The summed E-state index contributed by atoms with van der Waals surface area (Å²) in [6.45, 7) is 3.14. The van der Waals surface area contributed by atoms with Crippen LogP contribution in [0.25, 0.3) is 11.5 Å². The highest BCUT2D eigenvalue weighted by atomic mass is 19.4. The maximum atomic E-state index is 13.0. The number of aromatic nitrogens is 3. The van der Waals surface area contributed by atoms with E-state index in [0.29, 0.717) is 11.6 Å². The van der Waals surface area contributed by atoms with Gasteiger partial charge in [0.1, 0.15) is 11.6 Å². The lowest BCUT2D eigenvalue weighted by atomic mass is 9.93. The normalized spacial score (nSPS) is 18.9. The molecule has 1 atom stereocenters. The highest BCUT2D eigenvalue weighted by Crippen LogP contribution is 2.53. The Balaban J connectivity index is 1.45. The molecule has 0 bridgehead atoms. The first-order chi connectivity index (χ1) is 14.2. The van der Waals surface area contributed by atoms with E-state index in [1.165, 1.54) is 20.0 Å². The molecular formula is C19H22F3N5O3. The van der Waals surface area contributed by atoms with Crippen LogP contribution in [-0.4, -0.2) is 52.2 Å². The van der Waals surface area contributed by atoms with Crippen molar-refractivity contribution in [1.29, 1.82) is 0 Å². The van der Waals surface area contributed by atoms with Crippen LogP contribution in [0.15, 0.2) is 16.7 Å². The van der Waals surface area contributed by atoms with Crippen molar-refractivity contribution in [3.05, 3.63) is 17.8 Å². The molecule has 1 saturated carbocycles. The van der Waals surface area contributed by atoms with E-state index < -0.39 is 17.8 Å². The van der Waals surface area contributed by atoms with Crippen LogP contribution in [0.1, 0.15) is 38.2 Å². The van der Waals surface area contributed by atoms with Gasteiger partial charge in [-0.15, -0.1) is 5.10 Å². The van der Waals surface area contributed by atoms with E-state index in [-0.39, 0.29) is 29.3 Å². The van der Waals surface area contributed by atoms with Crippen LogP contribution < -0.4 is 10.1 Å². The molecule has 1 aliphatic heterocycles. The van der Waals surface area contributed by atoms with Crippen molar-refractivity contribution >= 4 is 11.9 Å². The van der Waals surface area contributed by atoms with Crippen LogP contribution in [0.3, 0.4) is 0 Å². The number of ether oxygens (including phenoxy) is 1. The summed E-state index contributed by atoms with van der Waals surface area (Å²) >= 11 is 0. The van der Waals surface area contributed by atoms with E-state index in [2.05, 4.69) is 20.5 Å². The number of methoxy groups -OCH3 is 1. The topological polar surface area (TPSA) is 93.4 Å². The summed E-state index contributed by atoms with van der Waals surface area (Å²) in [4.78, 5) is 18.2. The Hall–Kier alpha value is -2.85. The van der Waals surface area contributed by atoms with Crippen LogP contribution >= 0.6 is 0 Å². The van der Waals surface area contributed by atoms with Gasteiger partial charge in [0.2, 0.25) is 11.8 Å². The minimum atomic E-state index is -4.58. The average Bonchev–Trinajstić information content (AvgIpc) is 3.31. The zero-order valence-electron chi connectivity index (χ0n) is 16.6. The fourth-order valence-corrected chi connectivity index (χ4v) is 3.71. The first kappa shape index (κ1) is 20.4. The summed E-state index contributed by atoms with van der Waals surface area (Å²) < 4.78 is 49.5. The molecule has 8 nitrogen and oxygen atoms in total. The van der Waals surface area contributed by atoms with Gasteiger partial charge in [0.25, 0.3) is 5.89 Å². The van der Waals surface area contributed by atoms with E-state index in [9.17, 15) is 18.0 Å². The van der Waals surface area contributed by atoms with Crippen LogP contribution in [-0.2, 0) is 11.0 Å². The zero-order chi connectivity index (χ0) is 21.5. The standard InChI is InChI=1S/C19H22F3N5O3/c1-11(16(28)27-7-5-18(3-4-18)6-8-27)24-17-26-25-15(30-17)13-9-12(19(20,21)22)10-23-14(13)29-2/h9-11H,3-8H2,1-2H3,(H,24,26)/t11-/m0/s1. The van der Waals surface area contributed by atoms with Crippen molar-refractivity contribution in [2.45, 2.75) is 44.8 Å². The molecule has 0 unspecified atom stereocenters. The molecule has 1 spiro atoms. The molecule has 30 heavy (non-hydrogen) atoms. The Bertz CT molecular complexity index is 932. The number of alkyl halides is 3. The Morgan fingerprint density at radius 2 is 1.97 bits per heavy atom. The largest absolute Gasteiger partial charge is 0.480 e. The number of rotatable bonds is 5. The fraction of sp³-hybridized carbons (Fsp3) is 0.579. The summed E-state index contributed by atoms with van der Waals surface area (Å²) in [5.41, 5.74) is -0.585. The third kappa shape index (κ3) is 4.05. The molecule has 2 aliphatic rings. The van der Waals surface area contributed by atoms with E-state index in [4.69, 9.17) is 9.15 Å². The minimum Gasteiger partial charge on any atom is -0.480 e. The van der Waals surface area contributed by atoms with Gasteiger partial charge in [-0.3, -0.25) is 4.79 Å².